The summed E-state index contributed by atoms with van der Waals surface area (Å²) in [6.45, 7) is 1.10. The lowest BCUT2D eigenvalue weighted by atomic mass is 10.1. The lowest BCUT2D eigenvalue weighted by Crippen LogP contribution is -2.17. The summed E-state index contributed by atoms with van der Waals surface area (Å²) in [5.74, 6) is -0.327. The quantitative estimate of drug-likeness (QED) is 0.620. The number of carbonyl (C=O) groups is 1. The molecule has 0 saturated carbocycles. The minimum atomic E-state index is -2.52. The van der Waals surface area contributed by atoms with Crippen LogP contribution in [0.5, 0.6) is 0 Å². The number of hydrogen-bond donors (Lipinski definition) is 2. The van der Waals surface area contributed by atoms with Crippen molar-refractivity contribution >= 4 is 33.2 Å². The molecule has 4 nitrogen and oxygen atoms in total. The van der Waals surface area contributed by atoms with Gasteiger partial charge in [0, 0.05) is 4.47 Å². The Morgan fingerprint density at radius 1 is 1.53 bits per heavy atom. The minimum Gasteiger partial charge on any atom is -0.397 e. The first-order chi connectivity index (χ1) is 8.90. The highest BCUT2D eigenvalue weighted by molar-refractivity contribution is 9.10. The topological polar surface area (TPSA) is 64.3 Å². The number of anilines is 2. The Labute approximate surface area is 118 Å². The van der Waals surface area contributed by atoms with Crippen molar-refractivity contribution in [2.24, 2.45) is 0 Å². The van der Waals surface area contributed by atoms with Crippen LogP contribution >= 0.6 is 15.9 Å². The summed E-state index contributed by atoms with van der Waals surface area (Å²) in [5.41, 5.74) is 7.57. The number of nitrogens with two attached hydrogens (primary N) is 1. The van der Waals surface area contributed by atoms with Crippen LogP contribution in [0.2, 0.25) is 0 Å². The van der Waals surface area contributed by atoms with E-state index in [2.05, 4.69) is 26.0 Å². The van der Waals surface area contributed by atoms with E-state index in [0.717, 1.165) is 10.0 Å². The van der Waals surface area contributed by atoms with Gasteiger partial charge in [0.15, 0.2) is 0 Å². The van der Waals surface area contributed by atoms with Crippen molar-refractivity contribution < 1.29 is 18.3 Å². The van der Waals surface area contributed by atoms with Gasteiger partial charge in [-0.1, -0.05) is 15.9 Å². The largest absolute Gasteiger partial charge is 0.397 e. The number of amides is 1. The summed E-state index contributed by atoms with van der Waals surface area (Å²) in [6.07, 6.45) is -2.52. The molecular weight excluding hydrogens is 322 g/mol. The van der Waals surface area contributed by atoms with Crippen molar-refractivity contribution in [3.8, 4) is 0 Å². The van der Waals surface area contributed by atoms with Gasteiger partial charge in [-0.25, -0.2) is 8.78 Å². The van der Waals surface area contributed by atoms with E-state index >= 15 is 0 Å². The number of halogens is 3. The van der Waals surface area contributed by atoms with Gasteiger partial charge in [0.05, 0.1) is 24.4 Å². The van der Waals surface area contributed by atoms with Crippen LogP contribution in [0.15, 0.2) is 16.6 Å². The predicted octanol–water partition coefficient (Wildman–Crippen LogP) is 2.95. The van der Waals surface area contributed by atoms with Gasteiger partial charge in [0.25, 0.3) is 6.43 Å². The van der Waals surface area contributed by atoms with E-state index in [9.17, 15) is 13.6 Å². The fraction of sp³-hybridized carbons (Fsp3) is 0.417. The number of rotatable bonds is 6. The molecule has 0 saturated heterocycles. The first-order valence-electron chi connectivity index (χ1n) is 5.61. The molecule has 0 unspecified atom stereocenters. The Balaban J connectivity index is 2.49. The number of ether oxygens (including phenoxy) is 1. The second-order valence-corrected chi connectivity index (χ2v) is 4.87. The third-order valence-electron chi connectivity index (χ3n) is 2.31. The van der Waals surface area contributed by atoms with Gasteiger partial charge in [0.2, 0.25) is 5.91 Å². The number of aryl methyl sites for hydroxylation is 1. The monoisotopic (exact) mass is 336 g/mol. The average Bonchev–Trinajstić information content (AvgIpc) is 2.29. The molecule has 0 radical (unpaired) electrons. The zero-order valence-corrected chi connectivity index (χ0v) is 12.0. The van der Waals surface area contributed by atoms with Crippen LogP contribution in [0, 0.1) is 6.92 Å². The third kappa shape index (κ3) is 5.52. The predicted molar refractivity (Wildman–Crippen MR) is 73.4 cm³/mol. The van der Waals surface area contributed by atoms with Crippen LogP contribution in [0.3, 0.4) is 0 Å². The maximum Gasteiger partial charge on any atom is 0.261 e. The summed E-state index contributed by atoms with van der Waals surface area (Å²) in [4.78, 5) is 11.6. The van der Waals surface area contributed by atoms with E-state index in [1.807, 2.05) is 13.0 Å². The molecular formula is C12H15BrF2N2O2. The van der Waals surface area contributed by atoms with E-state index in [1.165, 1.54) is 0 Å². The molecule has 1 amide bonds. The van der Waals surface area contributed by atoms with Gasteiger partial charge >= 0.3 is 0 Å². The smallest absolute Gasteiger partial charge is 0.261 e. The molecule has 0 heterocycles. The molecule has 0 spiro atoms. The van der Waals surface area contributed by atoms with Crippen molar-refractivity contribution in [2.45, 2.75) is 19.8 Å². The molecule has 7 heteroatoms. The molecule has 3 N–H and O–H groups in total. The third-order valence-corrected chi connectivity index (χ3v) is 2.77. The number of nitrogen functional groups attached to an aromatic ring is 1. The molecule has 0 bridgehead atoms. The molecule has 0 aliphatic carbocycles. The van der Waals surface area contributed by atoms with Crippen LogP contribution in [0.4, 0.5) is 20.2 Å². The van der Waals surface area contributed by atoms with Crippen molar-refractivity contribution in [2.75, 3.05) is 24.3 Å². The summed E-state index contributed by atoms with van der Waals surface area (Å²) in [6, 6.07) is 3.50. The summed E-state index contributed by atoms with van der Waals surface area (Å²) in [5, 5.41) is 2.64. The lowest BCUT2D eigenvalue weighted by molar-refractivity contribution is -0.117. The highest BCUT2D eigenvalue weighted by atomic mass is 79.9. The fourth-order valence-corrected chi connectivity index (χ4v) is 2.07. The van der Waals surface area contributed by atoms with Crippen LogP contribution < -0.4 is 11.1 Å². The SMILES string of the molecule is Cc1cc(Br)cc(N)c1NC(=O)CCOCC(F)F. The molecule has 1 aromatic rings. The molecule has 0 aliphatic heterocycles. The number of alkyl halides is 2. The average molecular weight is 337 g/mol. The summed E-state index contributed by atoms with van der Waals surface area (Å²) >= 11 is 3.29. The van der Waals surface area contributed by atoms with Crippen LogP contribution in [0.25, 0.3) is 0 Å². The van der Waals surface area contributed by atoms with Gasteiger partial charge in [-0.3, -0.25) is 4.79 Å². The number of nitrogens with one attached hydrogen (secondary N) is 1. The lowest BCUT2D eigenvalue weighted by Gasteiger charge is -2.12. The van der Waals surface area contributed by atoms with Crippen molar-refractivity contribution in [3.63, 3.8) is 0 Å². The Bertz CT molecular complexity index is 432. The first-order valence-corrected chi connectivity index (χ1v) is 6.41. The summed E-state index contributed by atoms with van der Waals surface area (Å²) < 4.78 is 29.1. The van der Waals surface area contributed by atoms with E-state index in [0.29, 0.717) is 11.4 Å². The van der Waals surface area contributed by atoms with E-state index in [4.69, 9.17) is 5.73 Å². The number of carbonyl (C=O) groups excluding carboxylic acids is 1. The van der Waals surface area contributed by atoms with Crippen LogP contribution in [0.1, 0.15) is 12.0 Å². The maximum atomic E-state index is 11.8. The second-order valence-electron chi connectivity index (χ2n) is 3.95. The number of hydrogen-bond acceptors (Lipinski definition) is 3. The number of benzene rings is 1. The molecule has 0 aromatic heterocycles. The zero-order valence-electron chi connectivity index (χ0n) is 10.4. The summed E-state index contributed by atoms with van der Waals surface area (Å²) in [7, 11) is 0. The molecule has 106 valence electrons. The van der Waals surface area contributed by atoms with E-state index < -0.39 is 13.0 Å². The highest BCUT2D eigenvalue weighted by Gasteiger charge is 2.10. The Morgan fingerprint density at radius 3 is 2.79 bits per heavy atom. The van der Waals surface area contributed by atoms with Gasteiger partial charge in [-0.05, 0) is 24.6 Å². The minimum absolute atomic E-state index is 0.00165. The van der Waals surface area contributed by atoms with Crippen LogP contribution in [-0.2, 0) is 9.53 Å². The van der Waals surface area contributed by atoms with Gasteiger partial charge in [-0.15, -0.1) is 0 Å². The zero-order chi connectivity index (χ0) is 14.4. The van der Waals surface area contributed by atoms with Crippen molar-refractivity contribution in [1.82, 2.24) is 0 Å². The molecule has 0 atom stereocenters. The van der Waals surface area contributed by atoms with Crippen molar-refractivity contribution in [3.05, 3.63) is 22.2 Å². The molecule has 0 fully saturated rings. The highest BCUT2D eigenvalue weighted by Crippen LogP contribution is 2.27. The Hall–Kier alpha value is -1.21. The molecule has 0 aliphatic rings. The van der Waals surface area contributed by atoms with Crippen LogP contribution in [-0.4, -0.2) is 25.5 Å². The van der Waals surface area contributed by atoms with Gasteiger partial charge in [0.1, 0.15) is 6.61 Å². The molecule has 1 aromatic carbocycles. The normalized spacial score (nSPS) is 10.8. The van der Waals surface area contributed by atoms with Crippen molar-refractivity contribution in [1.29, 1.82) is 0 Å². The molecule has 1 rings (SSSR count). The second kappa shape index (κ2) is 7.40. The maximum absolute atomic E-state index is 11.8. The van der Waals surface area contributed by atoms with Gasteiger partial charge in [-0.2, -0.15) is 0 Å². The van der Waals surface area contributed by atoms with Gasteiger partial charge < -0.3 is 15.8 Å². The Kier molecular flexibility index (Phi) is 6.17. The van der Waals surface area contributed by atoms with E-state index in [1.54, 1.807) is 6.07 Å². The first kappa shape index (κ1) is 15.8. The molecule has 19 heavy (non-hydrogen) atoms. The fourth-order valence-electron chi connectivity index (χ4n) is 1.48. The van der Waals surface area contributed by atoms with E-state index in [-0.39, 0.29) is 18.9 Å². The standard InChI is InChI=1S/C12H15BrF2N2O2/c1-7-4-8(13)5-9(16)12(7)17-11(18)2-3-19-6-10(14)15/h4-5,10H,2-3,6,16H2,1H3,(H,17,18). The Morgan fingerprint density at radius 2 is 2.21 bits per heavy atom.